The number of amides is 1. The number of nitriles is 1. The molecule has 1 fully saturated rings. The average molecular weight is 355 g/mol. The zero-order chi connectivity index (χ0) is 19.1. The Kier molecular flexibility index (Phi) is 6.79. The van der Waals surface area contributed by atoms with E-state index in [4.69, 9.17) is 4.74 Å². The average Bonchev–Trinajstić information content (AvgIpc) is 2.64. The second-order valence-electron chi connectivity index (χ2n) is 6.66. The van der Waals surface area contributed by atoms with Crippen LogP contribution in [-0.2, 0) is 14.3 Å². The van der Waals surface area contributed by atoms with Gasteiger partial charge in [0.15, 0.2) is 6.61 Å². The van der Waals surface area contributed by atoms with Crippen LogP contribution in [0.25, 0.3) is 6.08 Å². The number of nitrogens with zero attached hydrogens (tertiary/aromatic N) is 3. The van der Waals surface area contributed by atoms with Crippen LogP contribution in [0.1, 0.15) is 31.7 Å². The van der Waals surface area contributed by atoms with Crippen LogP contribution in [0.4, 0.5) is 5.69 Å². The van der Waals surface area contributed by atoms with Crippen molar-refractivity contribution in [2.75, 3.05) is 32.1 Å². The Bertz CT molecular complexity index is 717. The van der Waals surface area contributed by atoms with E-state index in [2.05, 4.69) is 0 Å². The molecule has 0 saturated carbocycles. The molecule has 0 bridgehead atoms. The summed E-state index contributed by atoms with van der Waals surface area (Å²) in [6.45, 7) is 2.36. The third-order valence-electron chi connectivity index (χ3n) is 4.51. The number of anilines is 1. The van der Waals surface area contributed by atoms with Gasteiger partial charge in [-0.1, -0.05) is 12.1 Å². The van der Waals surface area contributed by atoms with Gasteiger partial charge < -0.3 is 14.5 Å². The number of piperidine rings is 1. The molecule has 6 nitrogen and oxygen atoms in total. The summed E-state index contributed by atoms with van der Waals surface area (Å²) in [7, 11) is 3.87. The molecule has 1 saturated heterocycles. The maximum Gasteiger partial charge on any atom is 0.349 e. The number of hydrogen-bond acceptors (Lipinski definition) is 5. The van der Waals surface area contributed by atoms with Crippen molar-refractivity contribution in [2.24, 2.45) is 0 Å². The van der Waals surface area contributed by atoms with Gasteiger partial charge in [-0.25, -0.2) is 4.79 Å². The van der Waals surface area contributed by atoms with Crippen LogP contribution >= 0.6 is 0 Å². The van der Waals surface area contributed by atoms with Crippen molar-refractivity contribution in [2.45, 2.75) is 32.2 Å². The smallest absolute Gasteiger partial charge is 0.349 e. The molecule has 138 valence electrons. The Morgan fingerprint density at radius 2 is 2.00 bits per heavy atom. The topological polar surface area (TPSA) is 73.6 Å². The van der Waals surface area contributed by atoms with Crippen molar-refractivity contribution in [3.63, 3.8) is 0 Å². The van der Waals surface area contributed by atoms with Crippen LogP contribution in [0.15, 0.2) is 29.8 Å². The molecule has 1 atom stereocenters. The first-order valence-electron chi connectivity index (χ1n) is 8.78. The van der Waals surface area contributed by atoms with Crippen LogP contribution in [0.2, 0.25) is 0 Å². The van der Waals surface area contributed by atoms with E-state index in [0.717, 1.165) is 30.5 Å². The summed E-state index contributed by atoms with van der Waals surface area (Å²) in [5.74, 6) is -0.986. The summed E-state index contributed by atoms with van der Waals surface area (Å²) in [6, 6.07) is 9.45. The van der Waals surface area contributed by atoms with Gasteiger partial charge >= 0.3 is 5.97 Å². The summed E-state index contributed by atoms with van der Waals surface area (Å²) < 4.78 is 5.06. The molecule has 0 aromatic heterocycles. The number of benzene rings is 1. The highest BCUT2D eigenvalue weighted by molar-refractivity contribution is 5.98. The van der Waals surface area contributed by atoms with Crippen LogP contribution in [-0.4, -0.2) is 50.1 Å². The Labute approximate surface area is 154 Å². The Morgan fingerprint density at radius 3 is 2.58 bits per heavy atom. The highest BCUT2D eigenvalue weighted by Crippen LogP contribution is 2.17. The highest BCUT2D eigenvalue weighted by atomic mass is 16.5. The Morgan fingerprint density at radius 1 is 1.31 bits per heavy atom. The molecule has 0 aliphatic carbocycles. The molecule has 0 spiro atoms. The summed E-state index contributed by atoms with van der Waals surface area (Å²) >= 11 is 0. The lowest BCUT2D eigenvalue weighted by molar-refractivity contribution is -0.150. The molecule has 0 N–H and O–H groups in total. The molecule has 1 aliphatic heterocycles. The lowest BCUT2D eigenvalue weighted by Crippen LogP contribution is -2.44. The zero-order valence-electron chi connectivity index (χ0n) is 15.6. The lowest BCUT2D eigenvalue weighted by atomic mass is 10.0. The molecular formula is C20H25N3O3. The van der Waals surface area contributed by atoms with Gasteiger partial charge in [0.05, 0.1) is 0 Å². The third-order valence-corrected chi connectivity index (χ3v) is 4.51. The highest BCUT2D eigenvalue weighted by Gasteiger charge is 2.24. The number of hydrogen-bond donors (Lipinski definition) is 0. The Balaban J connectivity index is 1.97. The molecule has 1 aromatic carbocycles. The van der Waals surface area contributed by atoms with Crippen molar-refractivity contribution in [3.8, 4) is 6.07 Å². The fourth-order valence-electron chi connectivity index (χ4n) is 2.93. The van der Waals surface area contributed by atoms with Gasteiger partial charge in [0.1, 0.15) is 11.6 Å². The zero-order valence-corrected chi connectivity index (χ0v) is 15.6. The van der Waals surface area contributed by atoms with Crippen LogP contribution in [0.3, 0.4) is 0 Å². The van der Waals surface area contributed by atoms with Gasteiger partial charge in [-0.2, -0.15) is 5.26 Å². The van der Waals surface area contributed by atoms with E-state index in [1.54, 1.807) is 4.90 Å². The van der Waals surface area contributed by atoms with Crippen LogP contribution < -0.4 is 4.90 Å². The van der Waals surface area contributed by atoms with E-state index in [1.807, 2.05) is 56.3 Å². The van der Waals surface area contributed by atoms with E-state index < -0.39 is 5.97 Å². The normalized spacial score (nSPS) is 17.4. The van der Waals surface area contributed by atoms with E-state index in [9.17, 15) is 14.9 Å². The summed E-state index contributed by atoms with van der Waals surface area (Å²) in [6.07, 6.45) is 4.51. The van der Waals surface area contributed by atoms with Crippen molar-refractivity contribution in [1.29, 1.82) is 5.26 Å². The maximum absolute atomic E-state index is 12.2. The first-order chi connectivity index (χ1) is 12.4. The molecule has 1 amide bonds. The molecule has 2 rings (SSSR count). The first kappa shape index (κ1) is 19.5. The predicted octanol–water partition coefficient (Wildman–Crippen LogP) is 2.60. The van der Waals surface area contributed by atoms with Crippen molar-refractivity contribution in [3.05, 3.63) is 35.4 Å². The minimum atomic E-state index is -0.776. The fourth-order valence-corrected chi connectivity index (χ4v) is 2.93. The predicted molar refractivity (Wildman–Crippen MR) is 100 cm³/mol. The minimum Gasteiger partial charge on any atom is -0.451 e. The second kappa shape index (κ2) is 9.04. The number of ether oxygens (including phenoxy) is 1. The molecule has 0 radical (unpaired) electrons. The minimum absolute atomic E-state index is 0.123. The number of carbonyl (C=O) groups is 2. The second-order valence-corrected chi connectivity index (χ2v) is 6.66. The van der Waals surface area contributed by atoms with E-state index in [1.165, 1.54) is 6.08 Å². The van der Waals surface area contributed by atoms with Crippen LogP contribution in [0, 0.1) is 11.3 Å². The van der Waals surface area contributed by atoms with Gasteiger partial charge in [0.25, 0.3) is 5.91 Å². The summed E-state index contributed by atoms with van der Waals surface area (Å²) in [4.78, 5) is 28.1. The molecule has 0 unspecified atom stereocenters. The largest absolute Gasteiger partial charge is 0.451 e. The van der Waals surface area contributed by atoms with Gasteiger partial charge in [0.2, 0.25) is 0 Å². The number of likely N-dealkylation sites (tertiary alicyclic amines) is 1. The number of rotatable bonds is 5. The Hall–Kier alpha value is -2.81. The van der Waals surface area contributed by atoms with E-state index in [-0.39, 0.29) is 24.1 Å². The van der Waals surface area contributed by atoms with Crippen LogP contribution in [0.5, 0.6) is 0 Å². The monoisotopic (exact) mass is 355 g/mol. The molecule has 26 heavy (non-hydrogen) atoms. The molecule has 6 heteroatoms. The maximum atomic E-state index is 12.2. The van der Waals surface area contributed by atoms with Gasteiger partial charge in [-0.15, -0.1) is 0 Å². The van der Waals surface area contributed by atoms with E-state index in [0.29, 0.717) is 6.54 Å². The van der Waals surface area contributed by atoms with Crippen molar-refractivity contribution in [1.82, 2.24) is 4.90 Å². The SMILES string of the molecule is C[C@@H]1CCCCN1C(=O)COC(=O)/C(C#N)=C/c1ccc(N(C)C)cc1. The van der Waals surface area contributed by atoms with Crippen molar-refractivity contribution < 1.29 is 14.3 Å². The molecular weight excluding hydrogens is 330 g/mol. The summed E-state index contributed by atoms with van der Waals surface area (Å²) in [5.41, 5.74) is 1.62. The fraction of sp³-hybridized carbons (Fsp3) is 0.450. The standard InChI is InChI=1S/C20H25N3O3/c1-15-6-4-5-11-23(15)19(24)14-26-20(25)17(13-21)12-16-7-9-18(10-8-16)22(2)3/h7-10,12,15H,4-6,11,14H2,1-3H3/b17-12+/t15-/m1/s1. The van der Waals surface area contributed by atoms with Crippen molar-refractivity contribution >= 4 is 23.6 Å². The van der Waals surface area contributed by atoms with Gasteiger partial charge in [0, 0.05) is 32.4 Å². The summed E-state index contributed by atoms with van der Waals surface area (Å²) in [5, 5.41) is 9.23. The number of esters is 1. The van der Waals surface area contributed by atoms with E-state index >= 15 is 0 Å². The lowest BCUT2D eigenvalue weighted by Gasteiger charge is -2.33. The molecule has 1 aliphatic rings. The third kappa shape index (κ3) is 5.09. The van der Waals surface area contributed by atoms with Gasteiger partial charge in [-0.05, 0) is 50.0 Å². The molecule has 1 aromatic rings. The van der Waals surface area contributed by atoms with Gasteiger partial charge in [-0.3, -0.25) is 4.79 Å². The first-order valence-corrected chi connectivity index (χ1v) is 8.78. The molecule has 1 heterocycles. The number of carbonyl (C=O) groups excluding carboxylic acids is 2. The quantitative estimate of drug-likeness (QED) is 0.461.